The lowest BCUT2D eigenvalue weighted by atomic mass is 10.0. The Hall–Kier alpha value is -4.15. The van der Waals surface area contributed by atoms with E-state index >= 15 is 0 Å². The Labute approximate surface area is 183 Å². The topological polar surface area (TPSA) is 199 Å². The minimum Gasteiger partial charge on any atom is -0.480 e. The van der Waals surface area contributed by atoms with Crippen LogP contribution in [0, 0.1) is 11.3 Å². The SMILES string of the molecule is CC(Cc1ccc(C(=O)Oc2ccc(C(=N)N)cc2)o1)C(=O)N[C@@H](CCC(N)=O)C(=O)O. The van der Waals surface area contributed by atoms with Crippen molar-refractivity contribution < 1.29 is 33.4 Å². The van der Waals surface area contributed by atoms with E-state index in [1.54, 1.807) is 6.92 Å². The molecule has 1 unspecified atom stereocenters. The molecule has 11 heteroatoms. The molecule has 2 amide bonds. The van der Waals surface area contributed by atoms with E-state index in [-0.39, 0.29) is 36.6 Å². The molecule has 2 aromatic rings. The number of aliphatic carboxylic acids is 1. The molecule has 0 fully saturated rings. The quantitative estimate of drug-likeness (QED) is 0.145. The van der Waals surface area contributed by atoms with Crippen molar-refractivity contribution in [3.8, 4) is 5.75 Å². The number of furan rings is 1. The average molecular weight is 444 g/mol. The number of benzene rings is 1. The van der Waals surface area contributed by atoms with Gasteiger partial charge in [0, 0.05) is 24.3 Å². The summed E-state index contributed by atoms with van der Waals surface area (Å²) in [5, 5.41) is 18.9. The number of carbonyl (C=O) groups excluding carboxylic acids is 3. The van der Waals surface area contributed by atoms with E-state index in [9.17, 15) is 24.3 Å². The predicted octanol–water partition coefficient (Wildman–Crippen LogP) is 0.796. The Morgan fingerprint density at radius 2 is 1.78 bits per heavy atom. The normalized spacial score (nSPS) is 12.4. The summed E-state index contributed by atoms with van der Waals surface area (Å²) in [5.41, 5.74) is 10.9. The molecule has 11 nitrogen and oxygen atoms in total. The Morgan fingerprint density at radius 3 is 2.34 bits per heavy atom. The van der Waals surface area contributed by atoms with E-state index in [1.165, 1.54) is 36.4 Å². The van der Waals surface area contributed by atoms with Crippen LogP contribution in [-0.2, 0) is 20.8 Å². The molecule has 170 valence electrons. The number of esters is 1. The maximum absolute atomic E-state index is 12.3. The molecule has 0 bridgehead atoms. The molecule has 0 aliphatic heterocycles. The lowest BCUT2D eigenvalue weighted by Gasteiger charge is -2.16. The Balaban J connectivity index is 1.93. The van der Waals surface area contributed by atoms with Crippen LogP contribution < -0.4 is 21.5 Å². The predicted molar refractivity (Wildman–Crippen MR) is 112 cm³/mol. The van der Waals surface area contributed by atoms with E-state index in [2.05, 4.69) is 5.32 Å². The van der Waals surface area contributed by atoms with Gasteiger partial charge in [-0.15, -0.1) is 0 Å². The van der Waals surface area contributed by atoms with Crippen LogP contribution in [0.4, 0.5) is 0 Å². The number of primary amides is 1. The van der Waals surface area contributed by atoms with Crippen molar-refractivity contribution in [2.75, 3.05) is 0 Å². The van der Waals surface area contributed by atoms with Crippen LogP contribution in [0.15, 0.2) is 40.8 Å². The van der Waals surface area contributed by atoms with Crippen molar-refractivity contribution in [1.82, 2.24) is 5.32 Å². The van der Waals surface area contributed by atoms with Crippen LogP contribution >= 0.6 is 0 Å². The van der Waals surface area contributed by atoms with Gasteiger partial charge in [-0.05, 0) is 42.8 Å². The van der Waals surface area contributed by atoms with Gasteiger partial charge in [0.1, 0.15) is 23.4 Å². The summed E-state index contributed by atoms with van der Waals surface area (Å²) in [6.45, 7) is 1.57. The highest BCUT2D eigenvalue weighted by molar-refractivity contribution is 5.95. The third-order valence-corrected chi connectivity index (χ3v) is 4.49. The number of carbonyl (C=O) groups is 4. The molecule has 0 saturated carbocycles. The van der Waals surface area contributed by atoms with Crippen molar-refractivity contribution >= 4 is 29.6 Å². The number of carboxylic acids is 1. The number of nitrogens with one attached hydrogen (secondary N) is 2. The van der Waals surface area contributed by atoms with Crippen molar-refractivity contribution in [1.29, 1.82) is 5.41 Å². The second-order valence-electron chi connectivity index (χ2n) is 7.10. The van der Waals surface area contributed by atoms with Gasteiger partial charge >= 0.3 is 11.9 Å². The molecule has 32 heavy (non-hydrogen) atoms. The molecule has 7 N–H and O–H groups in total. The fraction of sp³-hybridized carbons (Fsp3) is 0.286. The number of ether oxygens (including phenoxy) is 1. The summed E-state index contributed by atoms with van der Waals surface area (Å²) in [6.07, 6.45) is -0.186. The van der Waals surface area contributed by atoms with Crippen LogP contribution in [0.25, 0.3) is 0 Å². The maximum atomic E-state index is 12.3. The van der Waals surface area contributed by atoms with Crippen LogP contribution in [-0.4, -0.2) is 40.7 Å². The number of amides is 2. The summed E-state index contributed by atoms with van der Waals surface area (Å²) >= 11 is 0. The van der Waals surface area contributed by atoms with Crippen molar-refractivity contribution in [2.24, 2.45) is 17.4 Å². The molecular formula is C21H24N4O7. The minimum absolute atomic E-state index is 0.0758. The number of hydrogen-bond donors (Lipinski definition) is 5. The smallest absolute Gasteiger partial charge is 0.379 e. The molecule has 0 aliphatic rings. The fourth-order valence-electron chi connectivity index (χ4n) is 2.71. The summed E-state index contributed by atoms with van der Waals surface area (Å²) in [6, 6.07) is 7.72. The minimum atomic E-state index is -1.27. The van der Waals surface area contributed by atoms with Gasteiger partial charge in [0.05, 0.1) is 0 Å². The first kappa shape index (κ1) is 24.1. The first-order valence-corrected chi connectivity index (χ1v) is 9.63. The van der Waals surface area contributed by atoms with Crippen molar-refractivity contribution in [3.63, 3.8) is 0 Å². The highest BCUT2D eigenvalue weighted by Crippen LogP contribution is 2.18. The van der Waals surface area contributed by atoms with E-state index in [0.29, 0.717) is 11.3 Å². The van der Waals surface area contributed by atoms with Crippen LogP contribution in [0.5, 0.6) is 5.75 Å². The second-order valence-corrected chi connectivity index (χ2v) is 7.10. The molecule has 2 atom stereocenters. The lowest BCUT2D eigenvalue weighted by Crippen LogP contribution is -2.44. The first-order chi connectivity index (χ1) is 15.1. The molecule has 0 aliphatic carbocycles. The van der Waals surface area contributed by atoms with E-state index < -0.39 is 35.7 Å². The fourth-order valence-corrected chi connectivity index (χ4v) is 2.71. The summed E-state index contributed by atoms with van der Waals surface area (Å²) < 4.78 is 10.6. The highest BCUT2D eigenvalue weighted by atomic mass is 16.5. The van der Waals surface area contributed by atoms with Crippen molar-refractivity contribution in [2.45, 2.75) is 32.2 Å². The van der Waals surface area contributed by atoms with Gasteiger partial charge < -0.3 is 31.0 Å². The number of nitrogen functional groups attached to an aromatic ring is 1. The van der Waals surface area contributed by atoms with E-state index in [1.807, 2.05) is 0 Å². The number of rotatable bonds is 11. The van der Waals surface area contributed by atoms with Gasteiger partial charge in [0.2, 0.25) is 17.6 Å². The Bertz CT molecular complexity index is 1010. The Kier molecular flexibility index (Phi) is 8.11. The van der Waals surface area contributed by atoms with Crippen molar-refractivity contribution in [3.05, 3.63) is 53.5 Å². The zero-order chi connectivity index (χ0) is 23.8. The number of amidine groups is 1. The van der Waals surface area contributed by atoms with Gasteiger partial charge in [-0.1, -0.05) is 6.92 Å². The largest absolute Gasteiger partial charge is 0.480 e. The van der Waals surface area contributed by atoms with Gasteiger partial charge in [0.15, 0.2) is 0 Å². The molecule has 0 saturated heterocycles. The number of hydrogen-bond acceptors (Lipinski definition) is 7. The molecule has 0 radical (unpaired) electrons. The number of carboxylic acid groups (broad SMARTS) is 1. The third kappa shape index (κ3) is 6.97. The standard InChI is InChI=1S/C21H24N4O7/c1-11(19(27)25-15(20(28)29)7-9-17(22)26)10-14-6-8-16(31-14)21(30)32-13-4-2-12(3-5-13)18(23)24/h2-6,8,11,15H,7,9-10H2,1H3,(H2,22,26)(H3,23,24)(H,25,27)(H,28,29)/t11?,15-/m0/s1. The van der Waals surface area contributed by atoms with E-state index in [4.69, 9.17) is 26.0 Å². The molecule has 1 aromatic carbocycles. The molecule has 0 spiro atoms. The van der Waals surface area contributed by atoms with Gasteiger partial charge in [-0.2, -0.15) is 0 Å². The summed E-state index contributed by atoms with van der Waals surface area (Å²) in [5.74, 6) is -3.52. The lowest BCUT2D eigenvalue weighted by molar-refractivity contribution is -0.142. The van der Waals surface area contributed by atoms with Crippen LogP contribution in [0.1, 0.15) is 41.6 Å². The first-order valence-electron chi connectivity index (χ1n) is 9.63. The zero-order valence-corrected chi connectivity index (χ0v) is 17.3. The van der Waals surface area contributed by atoms with Gasteiger partial charge in [-0.25, -0.2) is 9.59 Å². The second kappa shape index (κ2) is 10.8. The average Bonchev–Trinajstić information content (AvgIpc) is 3.19. The molecule has 1 heterocycles. The third-order valence-electron chi connectivity index (χ3n) is 4.49. The van der Waals surface area contributed by atoms with Crippen LogP contribution in [0.3, 0.4) is 0 Å². The Morgan fingerprint density at radius 1 is 1.12 bits per heavy atom. The molecule has 1 aromatic heterocycles. The van der Waals surface area contributed by atoms with Gasteiger partial charge in [0.25, 0.3) is 0 Å². The summed E-state index contributed by atoms with van der Waals surface area (Å²) in [7, 11) is 0. The molecular weight excluding hydrogens is 420 g/mol. The summed E-state index contributed by atoms with van der Waals surface area (Å²) in [4.78, 5) is 46.7. The van der Waals surface area contributed by atoms with E-state index in [0.717, 1.165) is 0 Å². The number of nitrogens with two attached hydrogens (primary N) is 2. The highest BCUT2D eigenvalue weighted by Gasteiger charge is 2.24. The maximum Gasteiger partial charge on any atom is 0.379 e. The molecule has 2 rings (SSSR count). The zero-order valence-electron chi connectivity index (χ0n) is 17.3. The van der Waals surface area contributed by atoms with Crippen LogP contribution in [0.2, 0.25) is 0 Å². The van der Waals surface area contributed by atoms with Gasteiger partial charge in [-0.3, -0.25) is 15.0 Å². The monoisotopic (exact) mass is 444 g/mol.